The van der Waals surface area contributed by atoms with Gasteiger partial charge in [0.1, 0.15) is 12.0 Å². The van der Waals surface area contributed by atoms with Crippen LogP contribution in [-0.4, -0.2) is 34.8 Å². The number of nitrogens with one attached hydrogen (secondary N) is 2. The molecule has 6 rings (SSSR count). The summed E-state index contributed by atoms with van der Waals surface area (Å²) in [7, 11) is 0. The largest absolute Gasteiger partial charge is 0.393 e. The van der Waals surface area contributed by atoms with Gasteiger partial charge in [0, 0.05) is 18.7 Å². The van der Waals surface area contributed by atoms with Crippen LogP contribution >= 0.6 is 0 Å². The van der Waals surface area contributed by atoms with E-state index < -0.39 is 0 Å². The maximum Gasteiger partial charge on any atom is 0.155 e. The zero-order chi connectivity index (χ0) is 16.9. The van der Waals surface area contributed by atoms with Gasteiger partial charge in [-0.15, -0.1) is 0 Å². The first-order chi connectivity index (χ1) is 12.2. The third-order valence-electron chi connectivity index (χ3n) is 6.83. The Labute approximate surface area is 149 Å². The summed E-state index contributed by atoms with van der Waals surface area (Å²) in [5.74, 6) is 4.25. The topological polar surface area (TPSA) is 85.1 Å². The molecule has 0 aromatic carbocycles. The van der Waals surface area contributed by atoms with Crippen LogP contribution in [0.2, 0.25) is 0 Å². The van der Waals surface area contributed by atoms with Gasteiger partial charge in [-0.05, 0) is 69.1 Å². The number of hydrogen-bond acceptors (Lipinski definition) is 6. The standard InChI is InChI=1S/C19H29N5O/c20-16-17(21-10-15-2-1-3-25-15)22-11-23-18(16)24-19-7-12-4-13(8-19)6-14(5-12)9-19/h11-15H,1-10,20H2,(H2,21,22,23,24). The van der Waals surface area contributed by atoms with E-state index in [4.69, 9.17) is 10.5 Å². The average molecular weight is 343 g/mol. The second kappa shape index (κ2) is 6.01. The highest BCUT2D eigenvalue weighted by atomic mass is 16.5. The summed E-state index contributed by atoms with van der Waals surface area (Å²) in [5, 5.41) is 7.14. The minimum atomic E-state index is 0.211. The minimum absolute atomic E-state index is 0.211. The molecule has 1 aliphatic heterocycles. The van der Waals surface area contributed by atoms with Crippen molar-refractivity contribution < 1.29 is 4.74 Å². The number of ether oxygens (including phenoxy) is 1. The zero-order valence-electron chi connectivity index (χ0n) is 14.8. The third kappa shape index (κ3) is 2.94. The van der Waals surface area contributed by atoms with Crippen molar-refractivity contribution in [3.05, 3.63) is 6.33 Å². The van der Waals surface area contributed by atoms with Crippen LogP contribution in [0.15, 0.2) is 6.33 Å². The fraction of sp³-hybridized carbons (Fsp3) is 0.789. The molecule has 0 amide bonds. The Morgan fingerprint density at radius 2 is 1.76 bits per heavy atom. The van der Waals surface area contributed by atoms with Crippen molar-refractivity contribution in [2.75, 3.05) is 29.5 Å². The molecule has 4 bridgehead atoms. The Bertz CT molecular complexity index is 607. The molecule has 4 aliphatic carbocycles. The van der Waals surface area contributed by atoms with Gasteiger partial charge in [-0.2, -0.15) is 0 Å². The fourth-order valence-electron chi connectivity index (χ4n) is 6.17. The monoisotopic (exact) mass is 343 g/mol. The molecule has 6 nitrogen and oxygen atoms in total. The number of nitrogens with two attached hydrogens (primary N) is 1. The van der Waals surface area contributed by atoms with Gasteiger partial charge in [-0.1, -0.05) is 0 Å². The van der Waals surface area contributed by atoms with E-state index in [1.165, 1.54) is 38.5 Å². The lowest BCUT2D eigenvalue weighted by Gasteiger charge is -2.57. The van der Waals surface area contributed by atoms with Crippen LogP contribution in [-0.2, 0) is 4.74 Å². The van der Waals surface area contributed by atoms with Crippen LogP contribution < -0.4 is 16.4 Å². The summed E-state index contributed by atoms with van der Waals surface area (Å²) in [6.45, 7) is 1.63. The van der Waals surface area contributed by atoms with E-state index in [1.807, 2.05) is 0 Å². The maximum atomic E-state index is 6.41. The fourth-order valence-corrected chi connectivity index (χ4v) is 6.17. The third-order valence-corrected chi connectivity index (χ3v) is 6.83. The summed E-state index contributed by atoms with van der Waals surface area (Å²) >= 11 is 0. The predicted octanol–water partition coefficient (Wildman–Crippen LogP) is 3.03. The van der Waals surface area contributed by atoms with Crippen LogP contribution in [0.25, 0.3) is 0 Å². The lowest BCUT2D eigenvalue weighted by molar-refractivity contribution is 0.0106. The molecule has 136 valence electrons. The van der Waals surface area contributed by atoms with Crippen molar-refractivity contribution in [1.82, 2.24) is 9.97 Å². The Hall–Kier alpha value is -1.56. The summed E-state index contributed by atoms with van der Waals surface area (Å²) in [5.41, 5.74) is 7.27. The molecule has 1 unspecified atom stereocenters. The van der Waals surface area contributed by atoms with Gasteiger partial charge in [-0.25, -0.2) is 9.97 Å². The van der Waals surface area contributed by atoms with Gasteiger partial charge in [0.05, 0.1) is 6.10 Å². The summed E-state index contributed by atoms with van der Waals surface area (Å²) in [6, 6.07) is 0. The Balaban J connectivity index is 1.31. The second-order valence-electron chi connectivity index (χ2n) is 8.82. The van der Waals surface area contributed by atoms with Crippen molar-refractivity contribution in [2.45, 2.75) is 63.0 Å². The van der Waals surface area contributed by atoms with Gasteiger partial charge >= 0.3 is 0 Å². The first kappa shape index (κ1) is 15.7. The van der Waals surface area contributed by atoms with Gasteiger partial charge in [0.2, 0.25) is 0 Å². The quantitative estimate of drug-likeness (QED) is 0.762. The molecule has 5 aliphatic rings. The van der Waals surface area contributed by atoms with Crippen molar-refractivity contribution in [1.29, 1.82) is 0 Å². The normalized spacial score (nSPS) is 38.9. The van der Waals surface area contributed by atoms with Crippen LogP contribution in [0, 0.1) is 17.8 Å². The second-order valence-corrected chi connectivity index (χ2v) is 8.82. The highest BCUT2D eigenvalue weighted by Gasteiger charge is 2.51. The van der Waals surface area contributed by atoms with Crippen molar-refractivity contribution in [2.24, 2.45) is 17.8 Å². The van der Waals surface area contributed by atoms with Gasteiger partial charge in [0.25, 0.3) is 0 Å². The molecule has 1 saturated heterocycles. The molecule has 6 heteroatoms. The molecule has 0 radical (unpaired) electrons. The number of hydrogen-bond donors (Lipinski definition) is 3. The molecular weight excluding hydrogens is 314 g/mol. The summed E-state index contributed by atoms with van der Waals surface area (Å²) in [6.07, 6.45) is 12.3. The van der Waals surface area contributed by atoms with Gasteiger partial charge in [0.15, 0.2) is 11.6 Å². The van der Waals surface area contributed by atoms with E-state index in [9.17, 15) is 0 Å². The summed E-state index contributed by atoms with van der Waals surface area (Å²) in [4.78, 5) is 8.83. The van der Waals surface area contributed by atoms with Crippen molar-refractivity contribution in [3.8, 4) is 0 Å². The first-order valence-corrected chi connectivity index (χ1v) is 9.93. The number of rotatable bonds is 5. The maximum absolute atomic E-state index is 6.41. The number of nitrogen functional groups attached to an aromatic ring is 1. The molecule has 4 N–H and O–H groups in total. The molecule has 1 aromatic heterocycles. The lowest BCUT2D eigenvalue weighted by Crippen LogP contribution is -2.55. The highest BCUT2D eigenvalue weighted by molar-refractivity contribution is 5.74. The predicted molar refractivity (Wildman–Crippen MR) is 98.4 cm³/mol. The number of anilines is 3. The molecule has 4 saturated carbocycles. The van der Waals surface area contributed by atoms with E-state index in [1.54, 1.807) is 6.33 Å². The van der Waals surface area contributed by atoms with E-state index in [0.717, 1.165) is 55.4 Å². The lowest BCUT2D eigenvalue weighted by atomic mass is 9.53. The SMILES string of the molecule is Nc1c(NCC2CCCO2)ncnc1NC12CC3CC(CC(C3)C1)C2. The Kier molecular flexibility index (Phi) is 3.77. The zero-order valence-corrected chi connectivity index (χ0v) is 14.8. The average Bonchev–Trinajstić information content (AvgIpc) is 3.08. The van der Waals surface area contributed by atoms with Crippen LogP contribution in [0.3, 0.4) is 0 Å². The van der Waals surface area contributed by atoms with Crippen LogP contribution in [0.5, 0.6) is 0 Å². The molecule has 0 spiro atoms. The molecule has 25 heavy (non-hydrogen) atoms. The van der Waals surface area contributed by atoms with Crippen molar-refractivity contribution in [3.63, 3.8) is 0 Å². The van der Waals surface area contributed by atoms with E-state index in [-0.39, 0.29) is 11.6 Å². The first-order valence-electron chi connectivity index (χ1n) is 9.93. The number of aromatic nitrogens is 2. The highest BCUT2D eigenvalue weighted by Crippen LogP contribution is 2.56. The molecular formula is C19H29N5O. The minimum Gasteiger partial charge on any atom is -0.393 e. The smallest absolute Gasteiger partial charge is 0.155 e. The van der Waals surface area contributed by atoms with Gasteiger partial charge in [-0.3, -0.25) is 0 Å². The van der Waals surface area contributed by atoms with E-state index in [0.29, 0.717) is 5.69 Å². The van der Waals surface area contributed by atoms with Crippen molar-refractivity contribution >= 4 is 17.3 Å². The Morgan fingerprint density at radius 1 is 1.08 bits per heavy atom. The van der Waals surface area contributed by atoms with Gasteiger partial charge < -0.3 is 21.1 Å². The van der Waals surface area contributed by atoms with E-state index in [2.05, 4.69) is 20.6 Å². The Morgan fingerprint density at radius 3 is 2.40 bits per heavy atom. The van der Waals surface area contributed by atoms with Crippen LogP contribution in [0.4, 0.5) is 17.3 Å². The molecule has 5 fully saturated rings. The van der Waals surface area contributed by atoms with E-state index >= 15 is 0 Å². The summed E-state index contributed by atoms with van der Waals surface area (Å²) < 4.78 is 5.67. The molecule has 1 atom stereocenters. The number of nitrogens with zero attached hydrogens (tertiary/aromatic N) is 2. The molecule has 2 heterocycles. The van der Waals surface area contributed by atoms with Crippen LogP contribution in [0.1, 0.15) is 51.4 Å². The molecule has 1 aromatic rings.